The summed E-state index contributed by atoms with van der Waals surface area (Å²) < 4.78 is 5.53. The maximum absolute atomic E-state index is 9.80. The van der Waals surface area contributed by atoms with Crippen molar-refractivity contribution in [2.24, 2.45) is 4.99 Å². The number of hydrogen-bond donors (Lipinski definition) is 1. The molecule has 0 amide bonds. The number of anilines is 1. The number of benzene rings is 1. The van der Waals surface area contributed by atoms with Crippen molar-refractivity contribution in [3.63, 3.8) is 0 Å². The maximum Gasteiger partial charge on any atom is 0.318 e. The third-order valence-electron chi connectivity index (χ3n) is 3.29. The minimum absolute atomic E-state index is 0.121. The highest BCUT2D eigenvalue weighted by atomic mass is 16.5. The van der Waals surface area contributed by atoms with E-state index in [0.717, 1.165) is 17.1 Å². The van der Waals surface area contributed by atoms with E-state index in [2.05, 4.69) is 34.0 Å². The molecule has 0 fully saturated rings. The van der Waals surface area contributed by atoms with Gasteiger partial charge >= 0.3 is 6.01 Å². The molecule has 1 heterocycles. The van der Waals surface area contributed by atoms with E-state index in [9.17, 15) is 5.11 Å². The maximum atomic E-state index is 9.80. The second kappa shape index (κ2) is 8.07. The van der Waals surface area contributed by atoms with Crippen molar-refractivity contribution in [2.75, 3.05) is 25.6 Å². The summed E-state index contributed by atoms with van der Waals surface area (Å²) in [4.78, 5) is 15.1. The van der Waals surface area contributed by atoms with Crippen molar-refractivity contribution in [2.45, 2.75) is 32.9 Å². The largest absolute Gasteiger partial charge is 0.460 e. The minimum Gasteiger partial charge on any atom is -0.460 e. The van der Waals surface area contributed by atoms with Crippen LogP contribution in [-0.2, 0) is 6.54 Å². The lowest BCUT2D eigenvalue weighted by molar-refractivity contribution is 0.0249. The Kier molecular flexibility index (Phi) is 6.09. The molecule has 0 radical (unpaired) electrons. The van der Waals surface area contributed by atoms with Gasteiger partial charge in [0.2, 0.25) is 0 Å². The fraction of sp³-hybridized carbons (Fsp3) is 0.421. The molecule has 0 aliphatic heterocycles. The summed E-state index contributed by atoms with van der Waals surface area (Å²) in [7, 11) is 3.81. The van der Waals surface area contributed by atoms with E-state index in [1.165, 1.54) is 5.56 Å². The second-order valence-corrected chi connectivity index (χ2v) is 6.88. The van der Waals surface area contributed by atoms with Crippen molar-refractivity contribution >= 4 is 12.0 Å². The zero-order chi connectivity index (χ0) is 18.4. The van der Waals surface area contributed by atoms with E-state index in [1.807, 2.05) is 43.4 Å². The lowest BCUT2D eigenvalue weighted by atomic mass is 10.1. The quantitative estimate of drug-likeness (QED) is 0.783. The van der Waals surface area contributed by atoms with Gasteiger partial charge in [-0.1, -0.05) is 29.8 Å². The van der Waals surface area contributed by atoms with Gasteiger partial charge in [-0.3, -0.25) is 4.99 Å². The molecule has 0 bridgehead atoms. The Labute approximate surface area is 149 Å². The van der Waals surface area contributed by atoms with Gasteiger partial charge in [-0.2, -0.15) is 9.97 Å². The van der Waals surface area contributed by atoms with Gasteiger partial charge < -0.3 is 14.7 Å². The van der Waals surface area contributed by atoms with E-state index < -0.39 is 5.60 Å². The summed E-state index contributed by atoms with van der Waals surface area (Å²) >= 11 is 0. The zero-order valence-electron chi connectivity index (χ0n) is 15.5. The molecule has 0 saturated carbocycles. The van der Waals surface area contributed by atoms with Crippen LogP contribution in [0, 0.1) is 6.92 Å². The average Bonchev–Trinajstić information content (AvgIpc) is 2.52. The topological polar surface area (TPSA) is 70.8 Å². The Morgan fingerprint density at radius 1 is 1.24 bits per heavy atom. The van der Waals surface area contributed by atoms with Gasteiger partial charge in [-0.05, 0) is 26.3 Å². The van der Waals surface area contributed by atoms with E-state index in [0.29, 0.717) is 6.54 Å². The van der Waals surface area contributed by atoms with Crippen LogP contribution >= 0.6 is 0 Å². The van der Waals surface area contributed by atoms with Gasteiger partial charge in [0.1, 0.15) is 12.4 Å². The van der Waals surface area contributed by atoms with Crippen LogP contribution in [0.1, 0.15) is 30.7 Å². The number of aliphatic imine (C=N–C) groups is 1. The third kappa shape index (κ3) is 6.51. The zero-order valence-corrected chi connectivity index (χ0v) is 15.5. The summed E-state index contributed by atoms with van der Waals surface area (Å²) in [5.74, 6) is 0.738. The molecule has 0 unspecified atom stereocenters. The molecule has 0 aliphatic carbocycles. The summed E-state index contributed by atoms with van der Waals surface area (Å²) in [6.45, 7) is 5.95. The Morgan fingerprint density at radius 2 is 2.00 bits per heavy atom. The van der Waals surface area contributed by atoms with Gasteiger partial charge in [-0.15, -0.1) is 0 Å². The number of hydrogen-bond acceptors (Lipinski definition) is 6. The van der Waals surface area contributed by atoms with E-state index in [1.54, 1.807) is 13.8 Å². The molecule has 0 saturated heterocycles. The monoisotopic (exact) mass is 342 g/mol. The first kappa shape index (κ1) is 18.9. The molecule has 1 aromatic heterocycles. The standard InChI is InChI=1S/C19H26N4O2/c1-14-7-6-8-15(9-14)11-20-12-16-10-17(23(4)5)22-18(21-16)25-13-19(2,3)24/h6-11,24H,12-13H2,1-5H3. The first-order chi connectivity index (χ1) is 11.7. The molecule has 2 rings (SSSR count). The Morgan fingerprint density at radius 3 is 2.64 bits per heavy atom. The van der Waals surface area contributed by atoms with Crippen LogP contribution < -0.4 is 9.64 Å². The van der Waals surface area contributed by atoms with Crippen LogP contribution in [0.2, 0.25) is 0 Å². The van der Waals surface area contributed by atoms with Crippen molar-refractivity contribution in [3.8, 4) is 6.01 Å². The molecular formula is C19H26N4O2. The number of nitrogens with zero attached hydrogens (tertiary/aromatic N) is 4. The molecule has 1 N–H and O–H groups in total. The summed E-state index contributed by atoms with van der Waals surface area (Å²) in [5, 5.41) is 9.80. The molecule has 1 aromatic carbocycles. The number of aryl methyl sites for hydroxylation is 1. The van der Waals surface area contributed by atoms with Gasteiger partial charge in [0, 0.05) is 26.4 Å². The van der Waals surface area contributed by atoms with Gasteiger partial charge in [0.15, 0.2) is 0 Å². The lowest BCUT2D eigenvalue weighted by Crippen LogP contribution is -2.28. The first-order valence-electron chi connectivity index (χ1n) is 8.20. The fourth-order valence-electron chi connectivity index (χ4n) is 2.07. The van der Waals surface area contributed by atoms with Crippen LogP contribution in [-0.4, -0.2) is 47.6 Å². The predicted octanol–water partition coefficient (Wildman–Crippen LogP) is 2.62. The molecule has 0 spiro atoms. The number of aromatic nitrogens is 2. The molecular weight excluding hydrogens is 316 g/mol. The van der Waals surface area contributed by atoms with Crippen LogP contribution in [0.4, 0.5) is 5.82 Å². The van der Waals surface area contributed by atoms with Crippen LogP contribution in [0.5, 0.6) is 6.01 Å². The Balaban J connectivity index is 2.14. The van der Waals surface area contributed by atoms with Crippen molar-refractivity contribution in [1.82, 2.24) is 9.97 Å². The van der Waals surface area contributed by atoms with Crippen LogP contribution in [0.3, 0.4) is 0 Å². The van der Waals surface area contributed by atoms with E-state index in [4.69, 9.17) is 4.74 Å². The summed E-state index contributed by atoms with van der Waals surface area (Å²) in [5.41, 5.74) is 2.07. The van der Waals surface area contributed by atoms with Crippen molar-refractivity contribution < 1.29 is 9.84 Å². The first-order valence-corrected chi connectivity index (χ1v) is 8.20. The molecule has 134 valence electrons. The molecule has 2 aromatic rings. The molecule has 25 heavy (non-hydrogen) atoms. The van der Waals surface area contributed by atoms with Gasteiger partial charge in [0.25, 0.3) is 0 Å². The van der Waals surface area contributed by atoms with Crippen molar-refractivity contribution in [3.05, 3.63) is 47.2 Å². The number of ether oxygens (including phenoxy) is 1. The smallest absolute Gasteiger partial charge is 0.318 e. The highest BCUT2D eigenvalue weighted by Crippen LogP contribution is 2.16. The fourth-order valence-corrected chi connectivity index (χ4v) is 2.07. The van der Waals surface area contributed by atoms with Gasteiger partial charge in [-0.25, -0.2) is 0 Å². The highest BCUT2D eigenvalue weighted by Gasteiger charge is 2.15. The summed E-state index contributed by atoms with van der Waals surface area (Å²) in [6.07, 6.45) is 1.84. The Bertz CT molecular complexity index is 736. The summed E-state index contributed by atoms with van der Waals surface area (Å²) in [6, 6.07) is 10.3. The Hall–Kier alpha value is -2.47. The average molecular weight is 342 g/mol. The normalized spacial score (nSPS) is 11.8. The molecule has 0 aliphatic rings. The number of aliphatic hydroxyl groups is 1. The van der Waals surface area contributed by atoms with Crippen LogP contribution in [0.25, 0.3) is 0 Å². The molecule has 6 heteroatoms. The van der Waals surface area contributed by atoms with Crippen LogP contribution in [0.15, 0.2) is 35.3 Å². The second-order valence-electron chi connectivity index (χ2n) is 6.88. The lowest BCUT2D eigenvalue weighted by Gasteiger charge is -2.18. The van der Waals surface area contributed by atoms with Gasteiger partial charge in [0.05, 0.1) is 17.8 Å². The minimum atomic E-state index is -0.943. The molecule has 6 nitrogen and oxygen atoms in total. The molecule has 0 atom stereocenters. The van der Waals surface area contributed by atoms with Crippen molar-refractivity contribution in [1.29, 1.82) is 0 Å². The number of rotatable bonds is 7. The van der Waals surface area contributed by atoms with E-state index in [-0.39, 0.29) is 12.6 Å². The van der Waals surface area contributed by atoms with E-state index >= 15 is 0 Å². The predicted molar refractivity (Wildman–Crippen MR) is 101 cm³/mol. The third-order valence-corrected chi connectivity index (χ3v) is 3.29. The highest BCUT2D eigenvalue weighted by molar-refractivity contribution is 5.79. The SMILES string of the molecule is Cc1cccc(C=NCc2cc(N(C)C)nc(OCC(C)(C)O)n2)c1.